The molecule has 0 unspecified atom stereocenters. The van der Waals surface area contributed by atoms with Crippen molar-refractivity contribution in [3.8, 4) is 22.4 Å². The summed E-state index contributed by atoms with van der Waals surface area (Å²) in [7, 11) is 2.17. The zero-order valence-corrected chi connectivity index (χ0v) is 19.0. The minimum Gasteiger partial charge on any atom is -0.194 e. The molecule has 4 aromatic rings. The van der Waals surface area contributed by atoms with Crippen LogP contribution in [0.3, 0.4) is 0 Å². The molecule has 152 valence electrons. The molecule has 0 saturated heterocycles. The summed E-state index contributed by atoms with van der Waals surface area (Å²) in [6.45, 7) is 11.4. The Hall–Kier alpha value is -2.93. The van der Waals surface area contributed by atoms with Crippen LogP contribution in [0.25, 0.3) is 33.3 Å². The summed E-state index contributed by atoms with van der Waals surface area (Å²) in [5.74, 6) is 0.973. The summed E-state index contributed by atoms with van der Waals surface area (Å²) >= 11 is 0. The number of benzene rings is 3. The number of nitrogens with zero attached hydrogens (tertiary/aromatic N) is 1. The number of hydrogen-bond acceptors (Lipinski definition) is 0. The Morgan fingerprint density at radius 3 is 2.03 bits per heavy atom. The van der Waals surface area contributed by atoms with Crippen LogP contribution >= 0.6 is 0 Å². The van der Waals surface area contributed by atoms with Gasteiger partial charge in [0.2, 0.25) is 11.2 Å². The van der Waals surface area contributed by atoms with Gasteiger partial charge in [0.15, 0.2) is 0 Å². The molecule has 4 rings (SSSR count). The second-order valence-electron chi connectivity index (χ2n) is 8.99. The summed E-state index contributed by atoms with van der Waals surface area (Å²) in [6.07, 6.45) is 0. The quantitative estimate of drug-likeness (QED) is 0.315. The number of aryl methyl sites for hydroxylation is 2. The van der Waals surface area contributed by atoms with Crippen LogP contribution < -0.4 is 4.57 Å². The molecule has 0 spiro atoms. The van der Waals surface area contributed by atoms with Gasteiger partial charge < -0.3 is 0 Å². The first-order chi connectivity index (χ1) is 14.4. The van der Waals surface area contributed by atoms with Crippen LogP contribution in [0.1, 0.15) is 56.2 Å². The fraction of sp³-hybridized carbons (Fsp3) is 0.276. The summed E-state index contributed by atoms with van der Waals surface area (Å²) in [5, 5.41) is 1.27. The average molecular weight is 395 g/mol. The minimum absolute atomic E-state index is 0.486. The Kier molecular flexibility index (Phi) is 5.47. The van der Waals surface area contributed by atoms with Crippen LogP contribution in [0.2, 0.25) is 0 Å². The number of hydrogen-bond donors (Lipinski definition) is 0. The molecular weight excluding hydrogens is 362 g/mol. The van der Waals surface area contributed by atoms with E-state index >= 15 is 0 Å². The highest BCUT2D eigenvalue weighted by Crippen LogP contribution is 2.38. The lowest BCUT2D eigenvalue weighted by atomic mass is 9.84. The maximum Gasteiger partial charge on any atom is 0.213 e. The van der Waals surface area contributed by atoms with Crippen LogP contribution in [0, 0.1) is 6.92 Å². The first-order valence-electron chi connectivity index (χ1n) is 11.0. The molecule has 0 radical (unpaired) electrons. The molecule has 1 aromatic heterocycles. The number of fused-ring (bicyclic) bond motifs is 1. The molecule has 0 aliphatic heterocycles. The van der Waals surface area contributed by atoms with Crippen molar-refractivity contribution in [1.82, 2.24) is 0 Å². The van der Waals surface area contributed by atoms with Gasteiger partial charge in [0.05, 0.1) is 0 Å². The van der Waals surface area contributed by atoms with Crippen LogP contribution in [-0.2, 0) is 7.05 Å². The number of para-hydroxylation sites is 1. The second-order valence-corrected chi connectivity index (χ2v) is 8.99. The predicted molar refractivity (Wildman–Crippen MR) is 129 cm³/mol. The lowest BCUT2D eigenvalue weighted by molar-refractivity contribution is -0.633. The van der Waals surface area contributed by atoms with Crippen LogP contribution in [0.5, 0.6) is 0 Å². The molecule has 0 bridgehead atoms. The summed E-state index contributed by atoms with van der Waals surface area (Å²) in [5.41, 5.74) is 10.7. The van der Waals surface area contributed by atoms with Crippen molar-refractivity contribution in [3.63, 3.8) is 0 Å². The Labute approximate surface area is 181 Å². The van der Waals surface area contributed by atoms with Gasteiger partial charge in [-0.25, -0.2) is 0 Å². The minimum atomic E-state index is 0.486. The third kappa shape index (κ3) is 3.54. The third-order valence-corrected chi connectivity index (χ3v) is 6.26. The Bertz CT molecular complexity index is 1190. The van der Waals surface area contributed by atoms with E-state index in [1.165, 1.54) is 50.0 Å². The summed E-state index contributed by atoms with van der Waals surface area (Å²) in [4.78, 5) is 0. The van der Waals surface area contributed by atoms with Gasteiger partial charge in [-0.3, -0.25) is 0 Å². The van der Waals surface area contributed by atoms with Crippen molar-refractivity contribution in [2.75, 3.05) is 0 Å². The molecule has 0 aliphatic carbocycles. The number of rotatable bonds is 4. The van der Waals surface area contributed by atoms with E-state index in [0.29, 0.717) is 11.8 Å². The third-order valence-electron chi connectivity index (χ3n) is 6.26. The van der Waals surface area contributed by atoms with Crippen LogP contribution in [0.15, 0.2) is 72.8 Å². The molecule has 1 heteroatoms. The molecule has 1 nitrogen and oxygen atoms in total. The van der Waals surface area contributed by atoms with E-state index in [4.69, 9.17) is 0 Å². The normalized spacial score (nSPS) is 11.6. The zero-order chi connectivity index (χ0) is 21.4. The van der Waals surface area contributed by atoms with Crippen molar-refractivity contribution in [2.45, 2.75) is 46.5 Å². The van der Waals surface area contributed by atoms with Gasteiger partial charge in [0, 0.05) is 23.1 Å². The molecular formula is C29H32N+. The highest BCUT2D eigenvalue weighted by Gasteiger charge is 2.19. The number of pyridine rings is 1. The van der Waals surface area contributed by atoms with E-state index in [1.54, 1.807) is 0 Å². The standard InChI is InChI=1S/C29H32N/c1-19(2)24-11-9-12-25(20(3)4)29(24)23-15-14-21(5)26(18-23)28-17-16-22-10-7-8-13-27(22)30(28)6/h7-20H,1-6H3/q+1. The van der Waals surface area contributed by atoms with Gasteiger partial charge in [-0.1, -0.05) is 70.2 Å². The molecule has 0 amide bonds. The zero-order valence-electron chi connectivity index (χ0n) is 19.0. The van der Waals surface area contributed by atoms with Crippen molar-refractivity contribution < 1.29 is 4.57 Å². The molecule has 1 heterocycles. The second kappa shape index (κ2) is 8.07. The smallest absolute Gasteiger partial charge is 0.194 e. The topological polar surface area (TPSA) is 3.88 Å². The van der Waals surface area contributed by atoms with Gasteiger partial charge in [-0.15, -0.1) is 0 Å². The lowest BCUT2D eigenvalue weighted by Crippen LogP contribution is -2.32. The fourth-order valence-electron chi connectivity index (χ4n) is 4.55. The summed E-state index contributed by atoms with van der Waals surface area (Å²) in [6, 6.07) is 26.9. The highest BCUT2D eigenvalue weighted by molar-refractivity contribution is 5.80. The number of aromatic nitrogens is 1. The fourth-order valence-corrected chi connectivity index (χ4v) is 4.55. The summed E-state index contributed by atoms with van der Waals surface area (Å²) < 4.78 is 2.32. The van der Waals surface area contributed by atoms with Gasteiger partial charge in [0.1, 0.15) is 7.05 Å². The molecule has 30 heavy (non-hydrogen) atoms. The molecule has 0 N–H and O–H groups in total. The maximum absolute atomic E-state index is 2.40. The Morgan fingerprint density at radius 1 is 0.700 bits per heavy atom. The van der Waals surface area contributed by atoms with E-state index in [2.05, 4.69) is 119 Å². The van der Waals surface area contributed by atoms with Gasteiger partial charge >= 0.3 is 0 Å². The van der Waals surface area contributed by atoms with E-state index in [-0.39, 0.29) is 0 Å². The molecule has 0 saturated carbocycles. The SMILES string of the molecule is Cc1ccc(-c2c(C(C)C)cccc2C(C)C)cc1-c1ccc2ccccc2[n+]1C. The molecule has 0 aliphatic rings. The van der Waals surface area contributed by atoms with E-state index in [1.807, 2.05) is 0 Å². The van der Waals surface area contributed by atoms with Gasteiger partial charge in [0.25, 0.3) is 0 Å². The van der Waals surface area contributed by atoms with E-state index in [0.717, 1.165) is 0 Å². The van der Waals surface area contributed by atoms with Gasteiger partial charge in [-0.2, -0.15) is 4.57 Å². The average Bonchev–Trinajstić information content (AvgIpc) is 2.74. The Balaban J connectivity index is 1.96. The first-order valence-corrected chi connectivity index (χ1v) is 11.0. The van der Waals surface area contributed by atoms with Crippen molar-refractivity contribution in [2.24, 2.45) is 7.05 Å². The highest BCUT2D eigenvalue weighted by atomic mass is 14.9. The van der Waals surface area contributed by atoms with Crippen LogP contribution in [0.4, 0.5) is 0 Å². The predicted octanol–water partition coefficient (Wildman–Crippen LogP) is 7.55. The molecule has 3 aromatic carbocycles. The van der Waals surface area contributed by atoms with Gasteiger partial charge in [-0.05, 0) is 64.8 Å². The molecule has 0 atom stereocenters. The van der Waals surface area contributed by atoms with E-state index < -0.39 is 0 Å². The van der Waals surface area contributed by atoms with Crippen LogP contribution in [-0.4, -0.2) is 0 Å². The monoisotopic (exact) mass is 394 g/mol. The molecule has 0 fully saturated rings. The first kappa shape index (κ1) is 20.3. The van der Waals surface area contributed by atoms with E-state index in [9.17, 15) is 0 Å². The van der Waals surface area contributed by atoms with Crippen molar-refractivity contribution in [1.29, 1.82) is 0 Å². The maximum atomic E-state index is 2.40. The van der Waals surface area contributed by atoms with Crippen molar-refractivity contribution in [3.05, 3.63) is 89.5 Å². The Morgan fingerprint density at radius 2 is 1.37 bits per heavy atom. The lowest BCUT2D eigenvalue weighted by Gasteiger charge is -2.20. The van der Waals surface area contributed by atoms with Crippen molar-refractivity contribution >= 4 is 10.9 Å². The largest absolute Gasteiger partial charge is 0.213 e.